The third kappa shape index (κ3) is 3.79. The van der Waals surface area contributed by atoms with Crippen LogP contribution in [0.5, 0.6) is 5.75 Å². The smallest absolute Gasteiger partial charge is 0.125 e. The minimum absolute atomic E-state index is 0.467. The average Bonchev–Trinajstić information content (AvgIpc) is 2.85. The fourth-order valence-corrected chi connectivity index (χ4v) is 3.14. The number of hydrogen-bond acceptors (Lipinski definition) is 4. The van der Waals surface area contributed by atoms with Gasteiger partial charge >= 0.3 is 0 Å². The lowest BCUT2D eigenvalue weighted by Crippen LogP contribution is -2.07. The van der Waals surface area contributed by atoms with Crippen LogP contribution in [0, 0.1) is 0 Å². The van der Waals surface area contributed by atoms with Crippen LogP contribution in [0.2, 0.25) is 0 Å². The van der Waals surface area contributed by atoms with E-state index in [9.17, 15) is 5.11 Å². The fraction of sp³-hybridized carbons (Fsp3) is 0.286. The van der Waals surface area contributed by atoms with Crippen LogP contribution in [0.1, 0.15) is 16.5 Å². The van der Waals surface area contributed by atoms with Crippen LogP contribution < -0.4 is 4.74 Å². The molecule has 0 spiro atoms. The Kier molecular flexibility index (Phi) is 5.39. The second-order valence-electron chi connectivity index (χ2n) is 3.95. The lowest BCUT2D eigenvalue weighted by Gasteiger charge is -2.15. The van der Waals surface area contributed by atoms with Gasteiger partial charge in [0.15, 0.2) is 0 Å². The first-order chi connectivity index (χ1) is 9.22. The number of ether oxygens (including phenoxy) is 2. The highest BCUT2D eigenvalue weighted by atomic mass is 79.9. The van der Waals surface area contributed by atoms with Crippen molar-refractivity contribution < 1.29 is 14.6 Å². The lowest BCUT2D eigenvalue weighted by atomic mass is 10.1. The Morgan fingerprint density at radius 3 is 2.79 bits per heavy atom. The summed E-state index contributed by atoms with van der Waals surface area (Å²) in [5.74, 6) is 0.691. The molecule has 1 N–H and O–H groups in total. The second kappa shape index (κ2) is 7.05. The maximum absolute atomic E-state index is 10.4. The number of aliphatic hydroxyl groups excluding tert-OH is 1. The Labute approximate surface area is 124 Å². The summed E-state index contributed by atoms with van der Waals surface area (Å²) in [6, 6.07) is 9.44. The van der Waals surface area contributed by atoms with Crippen molar-refractivity contribution in [1.82, 2.24) is 0 Å². The Hall–Kier alpha value is -0.880. The third-order valence-electron chi connectivity index (χ3n) is 2.62. The number of thiophene rings is 1. The van der Waals surface area contributed by atoms with Crippen molar-refractivity contribution in [2.45, 2.75) is 6.10 Å². The first-order valence-electron chi connectivity index (χ1n) is 5.85. The summed E-state index contributed by atoms with van der Waals surface area (Å²) in [6.45, 7) is 0.989. The highest BCUT2D eigenvalue weighted by Gasteiger charge is 2.16. The predicted octanol–water partition coefficient (Wildman–Crippen LogP) is 3.62. The van der Waals surface area contributed by atoms with Crippen molar-refractivity contribution in [3.05, 3.63) is 50.6 Å². The largest absolute Gasteiger partial charge is 0.491 e. The molecule has 0 fully saturated rings. The van der Waals surface area contributed by atoms with Gasteiger partial charge in [0.2, 0.25) is 0 Å². The topological polar surface area (TPSA) is 38.7 Å². The van der Waals surface area contributed by atoms with Gasteiger partial charge in [-0.25, -0.2) is 0 Å². The molecule has 0 aliphatic heterocycles. The van der Waals surface area contributed by atoms with Gasteiger partial charge in [0.25, 0.3) is 0 Å². The van der Waals surface area contributed by atoms with E-state index in [2.05, 4.69) is 15.9 Å². The molecule has 1 aromatic carbocycles. The molecule has 5 heteroatoms. The first-order valence-corrected chi connectivity index (χ1v) is 7.52. The number of rotatable bonds is 6. The van der Waals surface area contributed by atoms with E-state index in [4.69, 9.17) is 9.47 Å². The van der Waals surface area contributed by atoms with Crippen LogP contribution in [0.15, 0.2) is 40.2 Å². The van der Waals surface area contributed by atoms with Gasteiger partial charge in [0.05, 0.1) is 6.61 Å². The number of hydrogen-bond donors (Lipinski definition) is 1. The van der Waals surface area contributed by atoms with Crippen LogP contribution in [0.4, 0.5) is 0 Å². The SMILES string of the molecule is COCCOc1ccccc1C(O)c1cc(Br)cs1. The maximum atomic E-state index is 10.4. The molecule has 2 aromatic rings. The number of aliphatic hydroxyl groups is 1. The molecule has 3 nitrogen and oxygen atoms in total. The zero-order chi connectivity index (χ0) is 13.7. The first kappa shape index (κ1) is 14.5. The van der Waals surface area contributed by atoms with Crippen LogP contribution in [0.3, 0.4) is 0 Å². The van der Waals surface area contributed by atoms with Gasteiger partial charge in [0.1, 0.15) is 18.5 Å². The van der Waals surface area contributed by atoms with Crippen molar-refractivity contribution in [2.24, 2.45) is 0 Å². The highest BCUT2D eigenvalue weighted by Crippen LogP contribution is 2.34. The van der Waals surface area contributed by atoms with Crippen LogP contribution in [-0.2, 0) is 4.74 Å². The summed E-state index contributed by atoms with van der Waals surface area (Å²) in [7, 11) is 1.63. The van der Waals surface area contributed by atoms with E-state index in [-0.39, 0.29) is 0 Å². The molecule has 1 unspecified atom stereocenters. The minimum atomic E-state index is -0.671. The summed E-state index contributed by atoms with van der Waals surface area (Å²) < 4.78 is 11.6. The van der Waals surface area contributed by atoms with Crippen LogP contribution in [-0.4, -0.2) is 25.4 Å². The molecule has 0 bridgehead atoms. The molecule has 0 aliphatic rings. The van der Waals surface area contributed by atoms with Crippen molar-refractivity contribution in [1.29, 1.82) is 0 Å². The van der Waals surface area contributed by atoms with Gasteiger partial charge in [0, 0.05) is 27.4 Å². The van der Waals surface area contributed by atoms with Gasteiger partial charge in [-0.2, -0.15) is 0 Å². The Bertz CT molecular complexity index is 527. The minimum Gasteiger partial charge on any atom is -0.491 e. The van der Waals surface area contributed by atoms with Gasteiger partial charge < -0.3 is 14.6 Å². The Morgan fingerprint density at radius 1 is 1.32 bits per heavy atom. The molecule has 1 atom stereocenters. The van der Waals surface area contributed by atoms with E-state index in [0.29, 0.717) is 19.0 Å². The molecule has 0 aliphatic carbocycles. The van der Waals surface area contributed by atoms with Crippen molar-refractivity contribution in [3.63, 3.8) is 0 Å². The van der Waals surface area contributed by atoms with Gasteiger partial charge in [-0.05, 0) is 28.1 Å². The van der Waals surface area contributed by atoms with Crippen LogP contribution >= 0.6 is 27.3 Å². The van der Waals surface area contributed by atoms with E-state index in [1.807, 2.05) is 35.7 Å². The Balaban J connectivity index is 2.18. The predicted molar refractivity (Wildman–Crippen MR) is 79.9 cm³/mol. The molecule has 0 saturated heterocycles. The zero-order valence-corrected chi connectivity index (χ0v) is 12.9. The van der Waals surface area contributed by atoms with Crippen molar-refractivity contribution >= 4 is 27.3 Å². The number of benzene rings is 1. The zero-order valence-electron chi connectivity index (χ0n) is 10.5. The Morgan fingerprint density at radius 2 is 2.11 bits per heavy atom. The molecule has 102 valence electrons. The van der Waals surface area contributed by atoms with E-state index < -0.39 is 6.10 Å². The lowest BCUT2D eigenvalue weighted by molar-refractivity contribution is 0.142. The van der Waals surface area contributed by atoms with Crippen molar-refractivity contribution in [2.75, 3.05) is 20.3 Å². The summed E-state index contributed by atoms with van der Waals surface area (Å²) in [4.78, 5) is 0.884. The van der Waals surface area contributed by atoms with E-state index in [1.165, 1.54) is 11.3 Å². The number of methoxy groups -OCH3 is 1. The van der Waals surface area contributed by atoms with Crippen LogP contribution in [0.25, 0.3) is 0 Å². The molecule has 0 radical (unpaired) electrons. The summed E-state index contributed by atoms with van der Waals surface area (Å²) in [5, 5.41) is 12.4. The molecular formula is C14H15BrO3S. The fourth-order valence-electron chi connectivity index (χ4n) is 1.70. The van der Waals surface area contributed by atoms with E-state index in [1.54, 1.807) is 7.11 Å². The van der Waals surface area contributed by atoms with Crippen molar-refractivity contribution in [3.8, 4) is 5.75 Å². The second-order valence-corrected chi connectivity index (χ2v) is 5.81. The van der Waals surface area contributed by atoms with E-state index >= 15 is 0 Å². The van der Waals surface area contributed by atoms with Gasteiger partial charge in [-0.1, -0.05) is 18.2 Å². The molecule has 0 amide bonds. The highest BCUT2D eigenvalue weighted by molar-refractivity contribution is 9.10. The summed E-state index contributed by atoms with van der Waals surface area (Å²) >= 11 is 4.91. The van der Waals surface area contributed by atoms with E-state index in [0.717, 1.165) is 14.9 Å². The average molecular weight is 343 g/mol. The molecule has 1 aromatic heterocycles. The quantitative estimate of drug-likeness (QED) is 0.815. The molecular weight excluding hydrogens is 328 g/mol. The molecule has 0 saturated carbocycles. The molecule has 2 rings (SSSR count). The normalized spacial score (nSPS) is 12.4. The monoisotopic (exact) mass is 342 g/mol. The standard InChI is InChI=1S/C14H15BrO3S/c1-17-6-7-18-12-5-3-2-4-11(12)14(16)13-8-10(15)9-19-13/h2-5,8-9,14,16H,6-7H2,1H3. The summed E-state index contributed by atoms with van der Waals surface area (Å²) in [6.07, 6.45) is -0.671. The maximum Gasteiger partial charge on any atom is 0.125 e. The number of para-hydroxylation sites is 1. The van der Waals surface area contributed by atoms with Gasteiger partial charge in [-0.3, -0.25) is 0 Å². The third-order valence-corrected chi connectivity index (χ3v) is 4.36. The number of halogens is 1. The molecule has 19 heavy (non-hydrogen) atoms. The molecule has 1 heterocycles. The van der Waals surface area contributed by atoms with Gasteiger partial charge in [-0.15, -0.1) is 11.3 Å². The summed E-state index contributed by atoms with van der Waals surface area (Å²) in [5.41, 5.74) is 0.771.